The number of hydrogen-bond acceptors (Lipinski definition) is 5. The molecule has 1 saturated heterocycles. The summed E-state index contributed by atoms with van der Waals surface area (Å²) >= 11 is 0. The van der Waals surface area contributed by atoms with Gasteiger partial charge in [-0.05, 0) is 25.7 Å². The molecule has 2 N–H and O–H groups in total. The Hall–Kier alpha value is -3.34. The molecule has 11 heteroatoms. The van der Waals surface area contributed by atoms with Crippen molar-refractivity contribution in [1.82, 2.24) is 14.8 Å². The number of pyridine rings is 1. The van der Waals surface area contributed by atoms with E-state index in [1.807, 2.05) is 6.92 Å². The Morgan fingerprint density at radius 1 is 1.19 bits per heavy atom. The predicted octanol–water partition coefficient (Wildman–Crippen LogP) is 2.92. The van der Waals surface area contributed by atoms with Gasteiger partial charge in [0.25, 0.3) is 11.8 Å². The third kappa shape index (κ3) is 4.84. The fourth-order valence-electron chi connectivity index (χ4n) is 4.74. The van der Waals surface area contributed by atoms with Crippen molar-refractivity contribution in [3.8, 4) is 5.75 Å². The summed E-state index contributed by atoms with van der Waals surface area (Å²) in [6.45, 7) is 1.57. The van der Waals surface area contributed by atoms with Gasteiger partial charge in [0, 0.05) is 37.0 Å². The number of amides is 2. The Kier molecular flexibility index (Phi) is 7.67. The molecule has 4 rings (SSSR count). The summed E-state index contributed by atoms with van der Waals surface area (Å²) in [5.74, 6) is -5.04. The number of nitrogens with zero attached hydrogens (tertiary/aromatic N) is 2. The van der Waals surface area contributed by atoms with E-state index in [2.05, 4.69) is 5.32 Å². The summed E-state index contributed by atoms with van der Waals surface area (Å²) in [5, 5.41) is 12.1. The number of carbonyl (C=O) groups excluding carboxylic acids is 2. The van der Waals surface area contributed by atoms with Crippen LogP contribution in [-0.4, -0.2) is 52.2 Å². The van der Waals surface area contributed by atoms with Gasteiger partial charge in [-0.1, -0.05) is 13.3 Å². The average Bonchev–Trinajstić information content (AvgIpc) is 3.03. The largest absolute Gasteiger partial charge is 0.487 e. The molecule has 2 aliphatic rings. The Bertz CT molecular complexity index is 1210. The first-order valence-electron chi connectivity index (χ1n) is 12.0. The van der Waals surface area contributed by atoms with Crippen molar-refractivity contribution in [2.45, 2.75) is 57.7 Å². The number of aliphatic hydroxyl groups is 1. The molecule has 1 aromatic carbocycles. The van der Waals surface area contributed by atoms with E-state index >= 15 is 0 Å². The second kappa shape index (κ2) is 10.7. The molecule has 0 spiro atoms. The van der Waals surface area contributed by atoms with Gasteiger partial charge in [-0.3, -0.25) is 14.4 Å². The predicted molar refractivity (Wildman–Crippen MR) is 123 cm³/mol. The van der Waals surface area contributed by atoms with Gasteiger partial charge >= 0.3 is 0 Å². The Morgan fingerprint density at radius 2 is 1.92 bits per heavy atom. The molecular formula is C25H28F3N3O5. The molecule has 8 nitrogen and oxygen atoms in total. The van der Waals surface area contributed by atoms with E-state index in [0.717, 1.165) is 12.8 Å². The molecule has 0 saturated carbocycles. The van der Waals surface area contributed by atoms with E-state index in [1.165, 1.54) is 6.20 Å². The van der Waals surface area contributed by atoms with E-state index in [4.69, 9.17) is 4.74 Å². The number of hydrogen-bond donors (Lipinski definition) is 2. The second-order valence-corrected chi connectivity index (χ2v) is 9.07. The van der Waals surface area contributed by atoms with E-state index in [1.54, 1.807) is 9.47 Å². The molecule has 2 aliphatic heterocycles. The van der Waals surface area contributed by atoms with Crippen LogP contribution in [0.5, 0.6) is 5.75 Å². The smallest absolute Gasteiger partial charge is 0.274 e. The SMILES string of the molecule is CCCCOc1c2n(cc(C(=O)NCc3c(F)cc(F)cc3F)c1=O)[C@H]1CCC[C@H](CO)N(C1)C2=O. The fourth-order valence-corrected chi connectivity index (χ4v) is 4.74. The lowest BCUT2D eigenvalue weighted by molar-refractivity contribution is 0.0499. The van der Waals surface area contributed by atoms with Gasteiger partial charge < -0.3 is 24.6 Å². The van der Waals surface area contributed by atoms with Gasteiger partial charge in [0.05, 0.1) is 25.3 Å². The van der Waals surface area contributed by atoms with Crippen molar-refractivity contribution in [3.63, 3.8) is 0 Å². The van der Waals surface area contributed by atoms with Crippen LogP contribution in [0, 0.1) is 17.5 Å². The number of aliphatic hydroxyl groups excluding tert-OH is 1. The summed E-state index contributed by atoms with van der Waals surface area (Å²) in [7, 11) is 0. The number of fused-ring (bicyclic) bond motifs is 4. The Morgan fingerprint density at radius 3 is 2.58 bits per heavy atom. The maximum atomic E-state index is 14.0. The van der Waals surface area contributed by atoms with Gasteiger partial charge in [-0.25, -0.2) is 13.2 Å². The fraction of sp³-hybridized carbons (Fsp3) is 0.480. The first-order valence-corrected chi connectivity index (χ1v) is 12.0. The first-order chi connectivity index (χ1) is 17.3. The molecular weight excluding hydrogens is 479 g/mol. The lowest BCUT2D eigenvalue weighted by atomic mass is 10.1. The molecule has 1 aromatic heterocycles. The van der Waals surface area contributed by atoms with Gasteiger partial charge in [0.2, 0.25) is 5.43 Å². The number of halogens is 3. The summed E-state index contributed by atoms with van der Waals surface area (Å²) in [6, 6.07) is 0.377. The highest BCUT2D eigenvalue weighted by atomic mass is 19.1. The lowest BCUT2D eigenvalue weighted by Gasteiger charge is -2.38. The third-order valence-electron chi connectivity index (χ3n) is 6.70. The molecule has 1 fully saturated rings. The number of ether oxygens (including phenoxy) is 1. The molecule has 2 atom stereocenters. The van der Waals surface area contributed by atoms with Crippen LogP contribution in [0.25, 0.3) is 0 Å². The first kappa shape index (κ1) is 25.7. The summed E-state index contributed by atoms with van der Waals surface area (Å²) in [5.41, 5.74) is -1.67. The molecule has 2 bridgehead atoms. The van der Waals surface area contributed by atoms with Crippen LogP contribution in [0.1, 0.15) is 71.5 Å². The highest BCUT2D eigenvalue weighted by Gasteiger charge is 2.40. The van der Waals surface area contributed by atoms with Crippen molar-refractivity contribution < 1.29 is 32.6 Å². The van der Waals surface area contributed by atoms with Crippen LogP contribution in [0.15, 0.2) is 23.1 Å². The zero-order chi connectivity index (χ0) is 26.0. The van der Waals surface area contributed by atoms with Gasteiger partial charge in [-0.2, -0.15) is 0 Å². The standard InChI is InChI=1S/C25H28F3N3O5/c1-2-3-7-36-23-21-25(35)31-11-15(5-4-6-16(31)13-32)30(21)12-18(22(23)33)24(34)29-10-17-19(27)8-14(26)9-20(17)28/h8-9,12,15-16,32H,2-7,10-11,13H2,1H3,(H,29,34)/t15-,16+/m0/s1. The van der Waals surface area contributed by atoms with E-state index in [9.17, 15) is 32.7 Å². The highest BCUT2D eigenvalue weighted by Crippen LogP contribution is 2.34. The maximum Gasteiger partial charge on any atom is 0.274 e. The van der Waals surface area contributed by atoms with Crippen molar-refractivity contribution in [3.05, 3.63) is 62.8 Å². The van der Waals surface area contributed by atoms with Crippen molar-refractivity contribution >= 4 is 11.8 Å². The molecule has 194 valence electrons. The van der Waals surface area contributed by atoms with Crippen LogP contribution in [0.4, 0.5) is 13.2 Å². The maximum absolute atomic E-state index is 14.0. The molecule has 2 aromatic rings. The summed E-state index contributed by atoms with van der Waals surface area (Å²) < 4.78 is 48.5. The molecule has 0 radical (unpaired) electrons. The molecule has 3 heterocycles. The minimum atomic E-state index is -1.17. The van der Waals surface area contributed by atoms with Gasteiger partial charge in [0.15, 0.2) is 11.4 Å². The number of benzene rings is 1. The quantitative estimate of drug-likeness (QED) is 0.536. The van der Waals surface area contributed by atoms with Crippen LogP contribution in [-0.2, 0) is 6.54 Å². The van der Waals surface area contributed by atoms with Crippen LogP contribution >= 0.6 is 0 Å². The van der Waals surface area contributed by atoms with E-state index in [-0.39, 0.29) is 42.3 Å². The van der Waals surface area contributed by atoms with Gasteiger partial charge in [0.1, 0.15) is 23.0 Å². The topological polar surface area (TPSA) is 101 Å². The zero-order valence-corrected chi connectivity index (χ0v) is 19.9. The van der Waals surface area contributed by atoms with E-state index in [0.29, 0.717) is 37.9 Å². The van der Waals surface area contributed by atoms with Crippen molar-refractivity contribution in [2.24, 2.45) is 0 Å². The number of nitrogens with one attached hydrogen (secondary N) is 1. The lowest BCUT2D eigenvalue weighted by Crippen LogP contribution is -2.49. The highest BCUT2D eigenvalue weighted by molar-refractivity contribution is 5.99. The number of rotatable bonds is 8. The van der Waals surface area contributed by atoms with Crippen LogP contribution in [0.3, 0.4) is 0 Å². The minimum Gasteiger partial charge on any atom is -0.487 e. The Labute approximate surface area is 205 Å². The van der Waals surface area contributed by atoms with Crippen molar-refractivity contribution in [1.29, 1.82) is 0 Å². The molecule has 0 aliphatic carbocycles. The van der Waals surface area contributed by atoms with Crippen molar-refractivity contribution in [2.75, 3.05) is 19.8 Å². The number of aromatic nitrogens is 1. The Balaban J connectivity index is 1.73. The normalized spacial score (nSPS) is 19.0. The summed E-state index contributed by atoms with van der Waals surface area (Å²) in [6.07, 6.45) is 4.65. The monoisotopic (exact) mass is 507 g/mol. The minimum absolute atomic E-state index is 0.0277. The second-order valence-electron chi connectivity index (χ2n) is 9.07. The van der Waals surface area contributed by atoms with Crippen LogP contribution in [0.2, 0.25) is 0 Å². The number of unbranched alkanes of at least 4 members (excludes halogenated alkanes) is 1. The van der Waals surface area contributed by atoms with Gasteiger partial charge in [-0.15, -0.1) is 0 Å². The number of carbonyl (C=O) groups is 2. The molecule has 0 unspecified atom stereocenters. The molecule has 36 heavy (non-hydrogen) atoms. The molecule has 2 amide bonds. The van der Waals surface area contributed by atoms with E-state index < -0.39 is 46.8 Å². The zero-order valence-electron chi connectivity index (χ0n) is 19.9. The third-order valence-corrected chi connectivity index (χ3v) is 6.70. The summed E-state index contributed by atoms with van der Waals surface area (Å²) in [4.78, 5) is 41.3. The average molecular weight is 508 g/mol. The van der Waals surface area contributed by atoms with Crippen LogP contribution < -0.4 is 15.5 Å².